The molecule has 2 aromatic rings. The summed E-state index contributed by atoms with van der Waals surface area (Å²) in [7, 11) is 2.00. The molecule has 1 unspecified atom stereocenters. The minimum atomic E-state index is 0.611. The molecule has 1 saturated heterocycles. The third-order valence-electron chi connectivity index (χ3n) is 4.35. The summed E-state index contributed by atoms with van der Waals surface area (Å²) in [6.45, 7) is 10.7. The summed E-state index contributed by atoms with van der Waals surface area (Å²) in [4.78, 5) is 2.51. The Morgan fingerprint density at radius 1 is 0.962 bits per heavy atom. The van der Waals surface area contributed by atoms with E-state index < -0.39 is 0 Å². The molecule has 1 heterocycles. The van der Waals surface area contributed by atoms with Crippen molar-refractivity contribution in [2.45, 2.75) is 32.7 Å². The second-order valence-corrected chi connectivity index (χ2v) is 5.90. The Bertz CT molecular complexity index is 580. The second kappa shape index (κ2) is 15.3. The lowest BCUT2D eigenvalue weighted by molar-refractivity contribution is 0.128. The lowest BCUT2D eigenvalue weighted by atomic mass is 10.0. The number of rotatable bonds is 4. The highest BCUT2D eigenvalue weighted by molar-refractivity contribution is 5.27. The number of likely N-dealkylation sites (tertiary alicyclic amines) is 1. The number of hydrogen-bond acceptors (Lipinski definition) is 3. The molecule has 26 heavy (non-hydrogen) atoms. The van der Waals surface area contributed by atoms with E-state index in [-0.39, 0.29) is 0 Å². The maximum atomic E-state index is 7.00. The largest absolute Gasteiger partial charge is 0.400 e. The van der Waals surface area contributed by atoms with Gasteiger partial charge in [-0.25, -0.2) is 0 Å². The van der Waals surface area contributed by atoms with Gasteiger partial charge in [-0.15, -0.1) is 6.58 Å². The predicted octanol–water partition coefficient (Wildman–Crippen LogP) is 4.39. The van der Waals surface area contributed by atoms with Gasteiger partial charge in [-0.3, -0.25) is 4.90 Å². The molecule has 144 valence electrons. The Balaban J connectivity index is 0.000000409. The zero-order valence-electron chi connectivity index (χ0n) is 16.7. The Hall–Kier alpha value is -1.94. The van der Waals surface area contributed by atoms with E-state index in [0.29, 0.717) is 6.04 Å². The first-order valence-corrected chi connectivity index (χ1v) is 9.06. The lowest BCUT2D eigenvalue weighted by Crippen LogP contribution is -2.38. The maximum absolute atomic E-state index is 7.00. The SMILES string of the molecule is C=CCc1ccccc1C.CC(c1ccccc1)N1CCC1.CO.CO. The fourth-order valence-corrected chi connectivity index (χ4v) is 2.66. The summed E-state index contributed by atoms with van der Waals surface area (Å²) < 4.78 is 0. The average molecular weight is 358 g/mol. The number of aliphatic hydroxyl groups excluding tert-OH is 2. The summed E-state index contributed by atoms with van der Waals surface area (Å²) in [6, 6.07) is 19.7. The molecule has 2 N–H and O–H groups in total. The molecule has 3 heteroatoms. The number of benzene rings is 2. The van der Waals surface area contributed by atoms with Crippen molar-refractivity contribution >= 4 is 0 Å². The first-order valence-electron chi connectivity index (χ1n) is 9.06. The summed E-state index contributed by atoms with van der Waals surface area (Å²) in [5.41, 5.74) is 4.16. The minimum Gasteiger partial charge on any atom is -0.400 e. The molecule has 0 saturated carbocycles. The van der Waals surface area contributed by atoms with E-state index in [1.54, 1.807) is 0 Å². The second-order valence-electron chi connectivity index (χ2n) is 5.90. The van der Waals surface area contributed by atoms with Crippen LogP contribution >= 0.6 is 0 Å². The van der Waals surface area contributed by atoms with Gasteiger partial charge in [-0.1, -0.05) is 60.7 Å². The van der Waals surface area contributed by atoms with Gasteiger partial charge >= 0.3 is 0 Å². The minimum absolute atomic E-state index is 0.611. The van der Waals surface area contributed by atoms with Crippen LogP contribution in [0.4, 0.5) is 0 Å². The standard InChI is InChI=1S/C11H15N.C10H12.2CH4O/c1-10(12-8-5-9-12)11-6-3-2-4-7-11;1-3-6-10-8-5-4-7-9(10)2;2*1-2/h2-4,6-7,10H,5,8-9H2,1H3;3-5,7-8H,1,6H2,2H3;2*2H,1H3. The normalized spacial score (nSPS) is 13.3. The maximum Gasteiger partial charge on any atom is 0.0319 e. The van der Waals surface area contributed by atoms with Crippen LogP contribution < -0.4 is 0 Å². The van der Waals surface area contributed by atoms with Crippen LogP contribution in [0.1, 0.15) is 36.1 Å². The molecule has 1 fully saturated rings. The molecule has 0 amide bonds. The van der Waals surface area contributed by atoms with Crippen molar-refractivity contribution in [1.82, 2.24) is 4.90 Å². The molecule has 1 atom stereocenters. The Morgan fingerprint density at radius 2 is 1.50 bits per heavy atom. The van der Waals surface area contributed by atoms with Crippen molar-refractivity contribution in [3.63, 3.8) is 0 Å². The summed E-state index contributed by atoms with van der Waals surface area (Å²) in [5, 5.41) is 14.0. The van der Waals surface area contributed by atoms with Gasteiger partial charge in [0.25, 0.3) is 0 Å². The monoisotopic (exact) mass is 357 g/mol. The Labute approximate surface area is 159 Å². The van der Waals surface area contributed by atoms with Crippen LogP contribution in [0.15, 0.2) is 67.3 Å². The van der Waals surface area contributed by atoms with Crippen molar-refractivity contribution < 1.29 is 10.2 Å². The molecular formula is C23H35NO2. The van der Waals surface area contributed by atoms with Crippen LogP contribution in [-0.4, -0.2) is 42.4 Å². The number of nitrogens with zero attached hydrogens (tertiary/aromatic N) is 1. The molecule has 2 aromatic carbocycles. The first-order chi connectivity index (χ1) is 12.7. The van der Waals surface area contributed by atoms with E-state index in [0.717, 1.165) is 20.6 Å². The molecule has 0 radical (unpaired) electrons. The van der Waals surface area contributed by atoms with Gasteiger partial charge in [0.1, 0.15) is 0 Å². The number of allylic oxidation sites excluding steroid dienone is 1. The van der Waals surface area contributed by atoms with Gasteiger partial charge in [0.2, 0.25) is 0 Å². The van der Waals surface area contributed by atoms with Gasteiger partial charge in [0, 0.05) is 20.3 Å². The first kappa shape index (κ1) is 24.1. The highest BCUT2D eigenvalue weighted by Gasteiger charge is 2.20. The van der Waals surface area contributed by atoms with Gasteiger partial charge in [0.15, 0.2) is 0 Å². The van der Waals surface area contributed by atoms with Crippen LogP contribution in [0.5, 0.6) is 0 Å². The van der Waals surface area contributed by atoms with E-state index in [1.807, 2.05) is 6.08 Å². The van der Waals surface area contributed by atoms with E-state index >= 15 is 0 Å². The molecule has 3 nitrogen and oxygen atoms in total. The molecular weight excluding hydrogens is 322 g/mol. The van der Waals surface area contributed by atoms with Crippen molar-refractivity contribution in [2.24, 2.45) is 0 Å². The quantitative estimate of drug-likeness (QED) is 0.798. The van der Waals surface area contributed by atoms with Crippen molar-refractivity contribution in [3.8, 4) is 0 Å². The van der Waals surface area contributed by atoms with Gasteiger partial charge < -0.3 is 10.2 Å². The fourth-order valence-electron chi connectivity index (χ4n) is 2.66. The third-order valence-corrected chi connectivity index (χ3v) is 4.35. The van der Waals surface area contributed by atoms with Crippen LogP contribution in [0, 0.1) is 6.92 Å². The molecule has 3 rings (SSSR count). The lowest BCUT2D eigenvalue weighted by Gasteiger charge is -2.36. The van der Waals surface area contributed by atoms with Gasteiger partial charge in [-0.2, -0.15) is 0 Å². The van der Waals surface area contributed by atoms with E-state index in [1.165, 1.54) is 36.2 Å². The molecule has 1 aliphatic rings. The Morgan fingerprint density at radius 3 is 1.96 bits per heavy atom. The van der Waals surface area contributed by atoms with Crippen molar-refractivity contribution in [1.29, 1.82) is 0 Å². The smallest absolute Gasteiger partial charge is 0.0319 e. The number of aliphatic hydroxyl groups is 2. The van der Waals surface area contributed by atoms with Crippen LogP contribution in [0.3, 0.4) is 0 Å². The van der Waals surface area contributed by atoms with Gasteiger partial charge in [0.05, 0.1) is 0 Å². The summed E-state index contributed by atoms with van der Waals surface area (Å²) in [5.74, 6) is 0. The van der Waals surface area contributed by atoms with Gasteiger partial charge in [-0.05, 0) is 56.5 Å². The zero-order valence-corrected chi connectivity index (χ0v) is 16.7. The highest BCUT2D eigenvalue weighted by Crippen LogP contribution is 2.24. The summed E-state index contributed by atoms with van der Waals surface area (Å²) >= 11 is 0. The third kappa shape index (κ3) is 8.43. The number of hydrogen-bond donors (Lipinski definition) is 2. The topological polar surface area (TPSA) is 43.7 Å². The van der Waals surface area contributed by atoms with E-state index in [2.05, 4.69) is 79.9 Å². The van der Waals surface area contributed by atoms with E-state index in [4.69, 9.17) is 10.2 Å². The number of aryl methyl sites for hydroxylation is 1. The molecule has 0 bridgehead atoms. The summed E-state index contributed by atoms with van der Waals surface area (Å²) in [6.07, 6.45) is 4.28. The zero-order chi connectivity index (χ0) is 19.8. The van der Waals surface area contributed by atoms with E-state index in [9.17, 15) is 0 Å². The predicted molar refractivity (Wildman–Crippen MR) is 112 cm³/mol. The van der Waals surface area contributed by atoms with Crippen LogP contribution in [0.25, 0.3) is 0 Å². The van der Waals surface area contributed by atoms with Crippen molar-refractivity contribution in [3.05, 3.63) is 83.9 Å². The van der Waals surface area contributed by atoms with Crippen molar-refractivity contribution in [2.75, 3.05) is 27.3 Å². The molecule has 0 aliphatic carbocycles. The fraction of sp³-hybridized carbons (Fsp3) is 0.391. The molecule has 0 spiro atoms. The Kier molecular flexibility index (Phi) is 14.2. The molecule has 1 aliphatic heterocycles. The average Bonchev–Trinajstić information content (AvgIpc) is 2.67. The van der Waals surface area contributed by atoms with Crippen LogP contribution in [-0.2, 0) is 6.42 Å². The molecule has 0 aromatic heterocycles. The van der Waals surface area contributed by atoms with Crippen LogP contribution in [0.2, 0.25) is 0 Å². The highest BCUT2D eigenvalue weighted by atomic mass is 16.2.